The highest BCUT2D eigenvalue weighted by Crippen LogP contribution is 2.24. The molecule has 0 bridgehead atoms. The largest absolute Gasteiger partial charge is 0.478 e. The van der Waals surface area contributed by atoms with Crippen LogP contribution in [0.25, 0.3) is 0 Å². The van der Waals surface area contributed by atoms with Gasteiger partial charge in [0.25, 0.3) is 5.88 Å². The summed E-state index contributed by atoms with van der Waals surface area (Å²) in [6.45, 7) is 5.67. The highest BCUT2D eigenvalue weighted by Gasteiger charge is 2.27. The van der Waals surface area contributed by atoms with Crippen molar-refractivity contribution in [2.45, 2.75) is 45.2 Å². The third kappa shape index (κ3) is 2.72. The van der Waals surface area contributed by atoms with E-state index in [9.17, 15) is 0 Å². The summed E-state index contributed by atoms with van der Waals surface area (Å²) in [5.74, 6) is 0.408. The molecule has 2 rings (SSSR count). The number of anilines is 1. The minimum absolute atomic E-state index is 0.408. The predicted octanol–water partition coefficient (Wildman–Crippen LogP) is 1.48. The van der Waals surface area contributed by atoms with Gasteiger partial charge in [-0.3, -0.25) is 4.90 Å². The molecule has 0 saturated carbocycles. The summed E-state index contributed by atoms with van der Waals surface area (Å²) in [7, 11) is 1.55. The van der Waals surface area contributed by atoms with E-state index >= 15 is 0 Å². The Morgan fingerprint density at radius 2 is 2.28 bits per heavy atom. The minimum Gasteiger partial charge on any atom is -0.478 e. The van der Waals surface area contributed by atoms with E-state index in [-0.39, 0.29) is 0 Å². The molecular formula is C13H22N4O. The van der Waals surface area contributed by atoms with Crippen molar-refractivity contribution in [2.75, 3.05) is 19.4 Å². The molecule has 1 aromatic heterocycles. The lowest BCUT2D eigenvalue weighted by Gasteiger charge is -2.28. The number of rotatable bonds is 4. The lowest BCUT2D eigenvalue weighted by molar-refractivity contribution is 0.201. The van der Waals surface area contributed by atoms with Crippen molar-refractivity contribution in [1.29, 1.82) is 0 Å². The van der Waals surface area contributed by atoms with Crippen LogP contribution in [0.15, 0.2) is 6.07 Å². The Balaban J connectivity index is 2.07. The van der Waals surface area contributed by atoms with Crippen LogP contribution in [0.3, 0.4) is 0 Å². The van der Waals surface area contributed by atoms with Crippen LogP contribution < -0.4 is 10.5 Å². The zero-order chi connectivity index (χ0) is 13.1. The van der Waals surface area contributed by atoms with E-state index in [1.54, 1.807) is 7.11 Å². The van der Waals surface area contributed by atoms with Gasteiger partial charge < -0.3 is 10.5 Å². The van der Waals surface area contributed by atoms with E-state index in [1.165, 1.54) is 19.4 Å². The smallest absolute Gasteiger partial charge is 0.256 e. The van der Waals surface area contributed by atoms with Crippen molar-refractivity contribution >= 4 is 5.69 Å². The fraction of sp³-hybridized carbons (Fsp3) is 0.692. The second-order valence-electron chi connectivity index (χ2n) is 5.13. The Morgan fingerprint density at radius 3 is 2.89 bits per heavy atom. The van der Waals surface area contributed by atoms with Crippen molar-refractivity contribution in [3.05, 3.63) is 11.8 Å². The molecule has 1 fully saturated rings. The standard InChI is InChI=1S/C13H22N4O/c1-9(2)17-6-4-5-11(17)7-10-8-12(14)13(18-3)16-15-10/h8-9,11H,4-7H2,1-3H3,(H2,14,15). The Morgan fingerprint density at radius 1 is 1.50 bits per heavy atom. The molecule has 18 heavy (non-hydrogen) atoms. The third-order valence-electron chi connectivity index (χ3n) is 3.56. The van der Waals surface area contributed by atoms with Gasteiger partial charge in [0.05, 0.1) is 18.5 Å². The van der Waals surface area contributed by atoms with Gasteiger partial charge in [-0.15, -0.1) is 5.10 Å². The number of methoxy groups -OCH3 is 1. The van der Waals surface area contributed by atoms with Gasteiger partial charge in [-0.2, -0.15) is 5.10 Å². The van der Waals surface area contributed by atoms with Crippen LogP contribution in [0.2, 0.25) is 0 Å². The number of nitrogens with two attached hydrogens (primary N) is 1. The molecule has 1 saturated heterocycles. The lowest BCUT2D eigenvalue weighted by atomic mass is 10.1. The molecule has 0 aliphatic carbocycles. The van der Waals surface area contributed by atoms with E-state index in [2.05, 4.69) is 28.9 Å². The van der Waals surface area contributed by atoms with Crippen molar-refractivity contribution in [2.24, 2.45) is 0 Å². The van der Waals surface area contributed by atoms with Crippen LogP contribution in [0.1, 0.15) is 32.4 Å². The molecule has 2 heterocycles. The highest BCUT2D eigenvalue weighted by atomic mass is 16.5. The topological polar surface area (TPSA) is 64.3 Å². The maximum Gasteiger partial charge on any atom is 0.256 e. The first kappa shape index (κ1) is 13.1. The third-order valence-corrected chi connectivity index (χ3v) is 3.56. The summed E-state index contributed by atoms with van der Waals surface area (Å²) >= 11 is 0. The van der Waals surface area contributed by atoms with Gasteiger partial charge in [0, 0.05) is 18.5 Å². The SMILES string of the molecule is COc1nnc(CC2CCCN2C(C)C)cc1N. The summed E-state index contributed by atoms with van der Waals surface area (Å²) in [6.07, 6.45) is 3.41. The van der Waals surface area contributed by atoms with E-state index < -0.39 is 0 Å². The Bertz CT molecular complexity index is 408. The number of nitrogens with zero attached hydrogens (tertiary/aromatic N) is 3. The molecule has 0 spiro atoms. The molecule has 0 amide bonds. The normalized spacial score (nSPS) is 20.6. The van der Waals surface area contributed by atoms with Crippen LogP contribution in [-0.2, 0) is 6.42 Å². The first-order valence-electron chi connectivity index (χ1n) is 6.53. The van der Waals surface area contributed by atoms with Crippen LogP contribution in [0, 0.1) is 0 Å². The second kappa shape index (κ2) is 5.52. The number of nitrogen functional groups attached to an aromatic ring is 1. The van der Waals surface area contributed by atoms with Gasteiger partial charge in [-0.25, -0.2) is 0 Å². The number of aromatic nitrogens is 2. The number of hydrogen-bond donors (Lipinski definition) is 1. The molecule has 100 valence electrons. The second-order valence-corrected chi connectivity index (χ2v) is 5.13. The van der Waals surface area contributed by atoms with E-state index in [0.29, 0.717) is 23.7 Å². The van der Waals surface area contributed by atoms with Gasteiger partial charge in [-0.05, 0) is 39.3 Å². The van der Waals surface area contributed by atoms with Gasteiger partial charge in [0.15, 0.2) is 0 Å². The maximum absolute atomic E-state index is 5.86. The molecule has 2 N–H and O–H groups in total. The molecule has 0 radical (unpaired) electrons. The monoisotopic (exact) mass is 250 g/mol. The molecule has 1 aromatic rings. The van der Waals surface area contributed by atoms with Gasteiger partial charge in [0.2, 0.25) is 0 Å². The molecule has 0 aromatic carbocycles. The summed E-state index contributed by atoms with van der Waals surface area (Å²) in [4.78, 5) is 2.53. The van der Waals surface area contributed by atoms with E-state index in [1.807, 2.05) is 6.07 Å². The van der Waals surface area contributed by atoms with Crippen LogP contribution in [0.5, 0.6) is 5.88 Å². The number of likely N-dealkylation sites (tertiary alicyclic amines) is 1. The van der Waals surface area contributed by atoms with Crippen LogP contribution in [-0.4, -0.2) is 40.8 Å². The molecule has 5 nitrogen and oxygen atoms in total. The van der Waals surface area contributed by atoms with E-state index in [4.69, 9.17) is 10.5 Å². The van der Waals surface area contributed by atoms with Crippen molar-refractivity contribution in [3.63, 3.8) is 0 Å². The summed E-state index contributed by atoms with van der Waals surface area (Å²) in [5.41, 5.74) is 7.38. The zero-order valence-electron chi connectivity index (χ0n) is 11.4. The van der Waals surface area contributed by atoms with E-state index in [0.717, 1.165) is 12.1 Å². The first-order chi connectivity index (χ1) is 8.61. The van der Waals surface area contributed by atoms with Crippen LogP contribution in [0.4, 0.5) is 5.69 Å². The Labute approximate surface area is 108 Å². The zero-order valence-corrected chi connectivity index (χ0v) is 11.4. The summed E-state index contributed by atoms with van der Waals surface area (Å²) in [5, 5.41) is 8.18. The molecule has 1 aliphatic heterocycles. The van der Waals surface area contributed by atoms with Gasteiger partial charge in [-0.1, -0.05) is 0 Å². The fourth-order valence-electron chi connectivity index (χ4n) is 2.69. The number of hydrogen-bond acceptors (Lipinski definition) is 5. The highest BCUT2D eigenvalue weighted by molar-refractivity contribution is 5.47. The molecule has 5 heteroatoms. The maximum atomic E-state index is 5.86. The number of ether oxygens (including phenoxy) is 1. The summed E-state index contributed by atoms with van der Waals surface area (Å²) in [6, 6.07) is 3.02. The molecule has 1 aliphatic rings. The minimum atomic E-state index is 0.408. The average molecular weight is 250 g/mol. The van der Waals surface area contributed by atoms with Crippen molar-refractivity contribution in [3.8, 4) is 5.88 Å². The first-order valence-corrected chi connectivity index (χ1v) is 6.53. The predicted molar refractivity (Wildman–Crippen MR) is 71.6 cm³/mol. The van der Waals surface area contributed by atoms with Crippen LogP contribution >= 0.6 is 0 Å². The quantitative estimate of drug-likeness (QED) is 0.877. The Kier molecular flexibility index (Phi) is 4.01. The molecular weight excluding hydrogens is 228 g/mol. The molecule has 1 atom stereocenters. The van der Waals surface area contributed by atoms with Gasteiger partial charge in [0.1, 0.15) is 0 Å². The lowest BCUT2D eigenvalue weighted by Crippen LogP contribution is -2.36. The average Bonchev–Trinajstić information content (AvgIpc) is 2.77. The fourth-order valence-corrected chi connectivity index (χ4v) is 2.69. The van der Waals surface area contributed by atoms with Crippen molar-refractivity contribution < 1.29 is 4.74 Å². The van der Waals surface area contributed by atoms with Gasteiger partial charge >= 0.3 is 0 Å². The van der Waals surface area contributed by atoms with Crippen molar-refractivity contribution in [1.82, 2.24) is 15.1 Å². The Hall–Kier alpha value is -1.36. The molecule has 1 unspecified atom stereocenters. The summed E-state index contributed by atoms with van der Waals surface area (Å²) < 4.78 is 5.02.